The van der Waals surface area contributed by atoms with Crippen LogP contribution in [0.1, 0.15) is 22.8 Å². The molecule has 33 heavy (non-hydrogen) atoms. The number of carbonyl (C=O) groups is 2. The lowest BCUT2D eigenvalue weighted by Gasteiger charge is -2.12. The maximum atomic E-state index is 12.5. The zero-order valence-electron chi connectivity index (χ0n) is 17.6. The number of ether oxygens (including phenoxy) is 3. The normalized spacial score (nSPS) is 10.6. The van der Waals surface area contributed by atoms with Crippen molar-refractivity contribution in [1.29, 1.82) is 0 Å². The third-order valence-corrected chi connectivity index (χ3v) is 4.70. The van der Waals surface area contributed by atoms with Crippen LogP contribution < -0.4 is 19.6 Å². The molecule has 0 aromatic heterocycles. The minimum Gasteiger partial charge on any atom is -0.490 e. The molecule has 0 aliphatic rings. The van der Waals surface area contributed by atoms with Gasteiger partial charge in [0.2, 0.25) is 0 Å². The van der Waals surface area contributed by atoms with Gasteiger partial charge in [-0.05, 0) is 61.0 Å². The quantitative estimate of drug-likeness (QED) is 0.196. The van der Waals surface area contributed by atoms with Gasteiger partial charge in [-0.3, -0.25) is 4.79 Å². The largest absolute Gasteiger partial charge is 0.490 e. The number of nitrogens with zero attached hydrogens (tertiary/aromatic N) is 1. The third-order valence-electron chi connectivity index (χ3n) is 4.13. The van der Waals surface area contributed by atoms with Crippen LogP contribution in [0.4, 0.5) is 0 Å². The van der Waals surface area contributed by atoms with Gasteiger partial charge in [0.15, 0.2) is 18.1 Å². The number of esters is 1. The summed E-state index contributed by atoms with van der Waals surface area (Å²) in [4.78, 5) is 24.4. The summed E-state index contributed by atoms with van der Waals surface area (Å²) >= 11 is 11.9. The van der Waals surface area contributed by atoms with Crippen molar-refractivity contribution in [2.45, 2.75) is 6.92 Å². The molecular formula is C24H20Cl2N2O5. The van der Waals surface area contributed by atoms with Crippen LogP contribution in [0.15, 0.2) is 71.8 Å². The standard InChI is InChI=1S/C24H20Cl2N2O5/c1-2-31-22-12-16(10-11-21(22)33-24(30)19-8-3-4-9-20(19)26)14-27-28-23(29)15-32-18-7-5-6-17(25)13-18/h3-14H,2,15H2,1H3,(H,28,29)/b27-14-. The minimum absolute atomic E-state index is 0.223. The zero-order chi connectivity index (χ0) is 23.6. The molecule has 0 saturated carbocycles. The van der Waals surface area contributed by atoms with Crippen LogP contribution in [0.2, 0.25) is 10.0 Å². The van der Waals surface area contributed by atoms with Gasteiger partial charge in [-0.1, -0.05) is 41.4 Å². The third kappa shape index (κ3) is 7.24. The van der Waals surface area contributed by atoms with Crippen molar-refractivity contribution in [3.63, 3.8) is 0 Å². The molecule has 1 N–H and O–H groups in total. The summed E-state index contributed by atoms with van der Waals surface area (Å²) in [6, 6.07) is 18.2. The van der Waals surface area contributed by atoms with E-state index in [-0.39, 0.29) is 17.9 Å². The molecule has 7 nitrogen and oxygen atoms in total. The Kier molecular flexibility index (Phi) is 8.69. The summed E-state index contributed by atoms with van der Waals surface area (Å²) in [7, 11) is 0. The Labute approximate surface area is 200 Å². The molecule has 9 heteroatoms. The zero-order valence-corrected chi connectivity index (χ0v) is 19.1. The van der Waals surface area contributed by atoms with E-state index in [1.165, 1.54) is 6.21 Å². The average molecular weight is 487 g/mol. The first-order valence-electron chi connectivity index (χ1n) is 9.90. The van der Waals surface area contributed by atoms with Gasteiger partial charge in [-0.2, -0.15) is 5.10 Å². The molecule has 0 unspecified atom stereocenters. The van der Waals surface area contributed by atoms with Crippen LogP contribution in [0.3, 0.4) is 0 Å². The molecule has 0 bridgehead atoms. The molecule has 3 aromatic carbocycles. The number of carbonyl (C=O) groups excluding carboxylic acids is 2. The summed E-state index contributed by atoms with van der Waals surface area (Å²) < 4.78 is 16.4. The van der Waals surface area contributed by atoms with Crippen molar-refractivity contribution < 1.29 is 23.8 Å². The summed E-state index contributed by atoms with van der Waals surface area (Å²) in [6.45, 7) is 1.94. The minimum atomic E-state index is -0.602. The summed E-state index contributed by atoms with van der Waals surface area (Å²) in [5, 5.41) is 4.71. The van der Waals surface area contributed by atoms with Crippen LogP contribution in [-0.2, 0) is 4.79 Å². The second-order valence-electron chi connectivity index (χ2n) is 6.55. The molecule has 3 rings (SSSR count). The van der Waals surface area contributed by atoms with Crippen LogP contribution in [0.25, 0.3) is 0 Å². The number of hydrazone groups is 1. The Morgan fingerprint density at radius 3 is 2.55 bits per heavy atom. The van der Waals surface area contributed by atoms with Crippen LogP contribution in [-0.4, -0.2) is 31.3 Å². The highest BCUT2D eigenvalue weighted by Crippen LogP contribution is 2.29. The van der Waals surface area contributed by atoms with E-state index in [0.29, 0.717) is 33.7 Å². The monoisotopic (exact) mass is 486 g/mol. The topological polar surface area (TPSA) is 86.2 Å². The number of hydrogen-bond acceptors (Lipinski definition) is 6. The number of benzene rings is 3. The number of rotatable bonds is 9. The van der Waals surface area contributed by atoms with Crippen LogP contribution in [0.5, 0.6) is 17.2 Å². The van der Waals surface area contributed by atoms with E-state index in [1.807, 2.05) is 0 Å². The van der Waals surface area contributed by atoms with E-state index in [2.05, 4.69) is 10.5 Å². The van der Waals surface area contributed by atoms with E-state index in [1.54, 1.807) is 73.7 Å². The highest BCUT2D eigenvalue weighted by Gasteiger charge is 2.15. The Hall–Kier alpha value is -3.55. The maximum absolute atomic E-state index is 12.5. The molecule has 0 aliphatic heterocycles. The Morgan fingerprint density at radius 2 is 1.79 bits per heavy atom. The Bertz CT molecular complexity index is 1170. The van der Waals surface area contributed by atoms with Gasteiger partial charge in [-0.25, -0.2) is 10.2 Å². The Balaban J connectivity index is 1.61. The number of amides is 1. The predicted molar refractivity (Wildman–Crippen MR) is 127 cm³/mol. The first-order chi connectivity index (χ1) is 16.0. The number of hydrogen-bond donors (Lipinski definition) is 1. The van der Waals surface area contributed by atoms with Crippen molar-refractivity contribution in [3.05, 3.63) is 87.9 Å². The molecular weight excluding hydrogens is 467 g/mol. The van der Waals surface area contributed by atoms with Gasteiger partial charge in [-0.15, -0.1) is 0 Å². The lowest BCUT2D eigenvalue weighted by molar-refractivity contribution is -0.123. The lowest BCUT2D eigenvalue weighted by atomic mass is 10.2. The highest BCUT2D eigenvalue weighted by molar-refractivity contribution is 6.33. The molecule has 0 fully saturated rings. The molecule has 3 aromatic rings. The van der Waals surface area contributed by atoms with Crippen molar-refractivity contribution in [2.24, 2.45) is 5.10 Å². The van der Waals surface area contributed by atoms with Gasteiger partial charge in [0.05, 0.1) is 23.4 Å². The summed E-state index contributed by atoms with van der Waals surface area (Å²) in [6.07, 6.45) is 1.43. The predicted octanol–water partition coefficient (Wildman–Crippen LogP) is 5.14. The van der Waals surface area contributed by atoms with Gasteiger partial charge in [0, 0.05) is 5.02 Å². The number of halogens is 2. The van der Waals surface area contributed by atoms with Gasteiger partial charge in [0.25, 0.3) is 5.91 Å². The van der Waals surface area contributed by atoms with Gasteiger partial charge in [0.1, 0.15) is 5.75 Å². The van der Waals surface area contributed by atoms with E-state index in [0.717, 1.165) is 0 Å². The SMILES string of the molecule is CCOc1cc(/C=N\NC(=O)COc2cccc(Cl)c2)ccc1OC(=O)c1ccccc1Cl. The molecule has 0 heterocycles. The maximum Gasteiger partial charge on any atom is 0.345 e. The van der Waals surface area contributed by atoms with Gasteiger partial charge >= 0.3 is 5.97 Å². The van der Waals surface area contributed by atoms with Crippen molar-refractivity contribution in [2.75, 3.05) is 13.2 Å². The summed E-state index contributed by atoms with van der Waals surface area (Å²) in [5.74, 6) is 0.0109. The smallest absolute Gasteiger partial charge is 0.345 e. The Morgan fingerprint density at radius 1 is 0.970 bits per heavy atom. The van der Waals surface area contributed by atoms with Crippen molar-refractivity contribution in [3.8, 4) is 17.2 Å². The fraction of sp³-hybridized carbons (Fsp3) is 0.125. The molecule has 0 spiro atoms. The van der Waals surface area contributed by atoms with Crippen molar-refractivity contribution >= 4 is 41.3 Å². The molecule has 0 aliphatic carbocycles. The average Bonchev–Trinajstić information content (AvgIpc) is 2.80. The van der Waals surface area contributed by atoms with E-state index in [9.17, 15) is 9.59 Å². The molecule has 0 saturated heterocycles. The van der Waals surface area contributed by atoms with E-state index < -0.39 is 11.9 Å². The lowest BCUT2D eigenvalue weighted by Crippen LogP contribution is -2.24. The molecule has 0 atom stereocenters. The highest BCUT2D eigenvalue weighted by atomic mass is 35.5. The second-order valence-corrected chi connectivity index (χ2v) is 7.39. The van der Waals surface area contributed by atoms with E-state index >= 15 is 0 Å². The van der Waals surface area contributed by atoms with Crippen LogP contribution >= 0.6 is 23.2 Å². The van der Waals surface area contributed by atoms with E-state index in [4.69, 9.17) is 37.4 Å². The molecule has 0 radical (unpaired) electrons. The molecule has 170 valence electrons. The fourth-order valence-electron chi connectivity index (χ4n) is 2.66. The summed E-state index contributed by atoms with van der Waals surface area (Å²) in [5.41, 5.74) is 3.24. The first kappa shape index (κ1) is 24.1. The fourth-order valence-corrected chi connectivity index (χ4v) is 3.05. The second kappa shape index (κ2) is 11.9. The van der Waals surface area contributed by atoms with Crippen LogP contribution in [0, 0.1) is 0 Å². The molecule has 1 amide bonds. The van der Waals surface area contributed by atoms with Gasteiger partial charge < -0.3 is 14.2 Å². The first-order valence-corrected chi connectivity index (χ1v) is 10.7. The van der Waals surface area contributed by atoms with Crippen molar-refractivity contribution in [1.82, 2.24) is 5.43 Å². The number of nitrogens with one attached hydrogen (secondary N) is 1.